The standard InChI is InChI=1S/C13H18BrN3O/c1-16-6-8-17(9-7-16)15-13(18)10-11-2-4-12(14)5-3-11/h2-5H,6-10H2,1H3,(H,15,18). The average Bonchev–Trinajstić information content (AvgIpc) is 2.35. The van der Waals surface area contributed by atoms with E-state index in [1.165, 1.54) is 0 Å². The van der Waals surface area contributed by atoms with Gasteiger partial charge < -0.3 is 4.90 Å². The number of hydrazine groups is 1. The van der Waals surface area contributed by atoms with E-state index in [0.717, 1.165) is 36.2 Å². The summed E-state index contributed by atoms with van der Waals surface area (Å²) < 4.78 is 1.03. The number of likely N-dealkylation sites (N-methyl/N-ethyl adjacent to an activating group) is 1. The number of hydrogen-bond donors (Lipinski definition) is 1. The van der Waals surface area contributed by atoms with Crippen LogP contribution in [0.2, 0.25) is 0 Å². The lowest BCUT2D eigenvalue weighted by atomic mass is 10.1. The van der Waals surface area contributed by atoms with Crippen LogP contribution < -0.4 is 5.43 Å². The van der Waals surface area contributed by atoms with Gasteiger partial charge in [-0.1, -0.05) is 28.1 Å². The zero-order valence-electron chi connectivity index (χ0n) is 10.5. The van der Waals surface area contributed by atoms with Crippen LogP contribution in [0.25, 0.3) is 0 Å². The van der Waals surface area contributed by atoms with E-state index < -0.39 is 0 Å². The Morgan fingerprint density at radius 1 is 1.22 bits per heavy atom. The van der Waals surface area contributed by atoms with E-state index in [2.05, 4.69) is 33.3 Å². The van der Waals surface area contributed by atoms with Crippen LogP contribution in [0, 0.1) is 0 Å². The maximum absolute atomic E-state index is 11.9. The van der Waals surface area contributed by atoms with Crippen molar-refractivity contribution in [2.75, 3.05) is 33.2 Å². The summed E-state index contributed by atoms with van der Waals surface area (Å²) in [4.78, 5) is 14.1. The zero-order valence-corrected chi connectivity index (χ0v) is 12.1. The van der Waals surface area contributed by atoms with E-state index >= 15 is 0 Å². The molecule has 1 heterocycles. The maximum Gasteiger partial charge on any atom is 0.238 e. The number of halogens is 1. The number of nitrogens with one attached hydrogen (secondary N) is 1. The number of hydrogen-bond acceptors (Lipinski definition) is 3. The first-order chi connectivity index (χ1) is 8.63. The highest BCUT2D eigenvalue weighted by atomic mass is 79.9. The lowest BCUT2D eigenvalue weighted by Crippen LogP contribution is -2.52. The summed E-state index contributed by atoms with van der Waals surface area (Å²) in [7, 11) is 2.10. The molecule has 0 aromatic heterocycles. The third kappa shape index (κ3) is 4.08. The fourth-order valence-corrected chi connectivity index (χ4v) is 2.19. The van der Waals surface area contributed by atoms with Crippen LogP contribution in [-0.2, 0) is 11.2 Å². The number of rotatable bonds is 3. The first kappa shape index (κ1) is 13.5. The van der Waals surface area contributed by atoms with Crippen molar-refractivity contribution in [3.05, 3.63) is 34.3 Å². The van der Waals surface area contributed by atoms with Crippen molar-refractivity contribution in [1.29, 1.82) is 0 Å². The molecule has 0 saturated carbocycles. The van der Waals surface area contributed by atoms with Gasteiger partial charge in [0.25, 0.3) is 0 Å². The molecule has 0 bridgehead atoms. The maximum atomic E-state index is 11.9. The molecule has 0 aliphatic carbocycles. The predicted molar refractivity (Wildman–Crippen MR) is 75.1 cm³/mol. The normalized spacial score (nSPS) is 17.7. The van der Waals surface area contributed by atoms with Gasteiger partial charge >= 0.3 is 0 Å². The first-order valence-electron chi connectivity index (χ1n) is 6.11. The topological polar surface area (TPSA) is 35.6 Å². The molecule has 0 atom stereocenters. The molecule has 1 aromatic rings. The fourth-order valence-electron chi connectivity index (χ4n) is 1.92. The van der Waals surface area contributed by atoms with Crippen molar-refractivity contribution in [3.8, 4) is 0 Å². The Morgan fingerprint density at radius 3 is 2.44 bits per heavy atom. The number of nitrogens with zero attached hydrogens (tertiary/aromatic N) is 2. The predicted octanol–water partition coefficient (Wildman–Crippen LogP) is 1.27. The minimum Gasteiger partial charge on any atom is -0.304 e. The third-order valence-corrected chi connectivity index (χ3v) is 3.59. The van der Waals surface area contributed by atoms with Gasteiger partial charge in [-0.25, -0.2) is 5.01 Å². The molecule has 18 heavy (non-hydrogen) atoms. The van der Waals surface area contributed by atoms with Crippen LogP contribution in [0.4, 0.5) is 0 Å². The monoisotopic (exact) mass is 311 g/mol. The Balaban J connectivity index is 1.80. The number of benzene rings is 1. The minimum absolute atomic E-state index is 0.0573. The smallest absolute Gasteiger partial charge is 0.238 e. The average molecular weight is 312 g/mol. The minimum atomic E-state index is 0.0573. The second kappa shape index (κ2) is 6.31. The van der Waals surface area contributed by atoms with E-state index in [1.54, 1.807) is 0 Å². The van der Waals surface area contributed by atoms with Gasteiger partial charge in [0.05, 0.1) is 6.42 Å². The molecule has 1 aliphatic rings. The highest BCUT2D eigenvalue weighted by Gasteiger charge is 2.15. The van der Waals surface area contributed by atoms with E-state index in [0.29, 0.717) is 6.42 Å². The Bertz CT molecular complexity index is 399. The largest absolute Gasteiger partial charge is 0.304 e. The summed E-state index contributed by atoms with van der Waals surface area (Å²) in [6.07, 6.45) is 0.430. The highest BCUT2D eigenvalue weighted by molar-refractivity contribution is 9.10. The van der Waals surface area contributed by atoms with Crippen LogP contribution in [0.1, 0.15) is 5.56 Å². The number of amides is 1. The van der Waals surface area contributed by atoms with Crippen LogP contribution in [-0.4, -0.2) is 49.0 Å². The molecule has 4 nitrogen and oxygen atoms in total. The molecule has 0 spiro atoms. The number of carbonyl (C=O) groups excluding carboxylic acids is 1. The van der Waals surface area contributed by atoms with Gasteiger partial charge in [0.2, 0.25) is 5.91 Å². The van der Waals surface area contributed by atoms with Crippen molar-refractivity contribution >= 4 is 21.8 Å². The molecule has 1 aromatic carbocycles. The summed E-state index contributed by atoms with van der Waals surface area (Å²) in [5, 5.41) is 2.00. The molecule has 0 radical (unpaired) electrons. The molecular formula is C13H18BrN3O. The van der Waals surface area contributed by atoms with Gasteiger partial charge in [0, 0.05) is 30.7 Å². The lowest BCUT2D eigenvalue weighted by Gasteiger charge is -2.32. The van der Waals surface area contributed by atoms with Crippen molar-refractivity contribution < 1.29 is 4.79 Å². The summed E-state index contributed by atoms with van der Waals surface area (Å²) in [5.74, 6) is 0.0573. The molecule has 2 rings (SSSR count). The van der Waals surface area contributed by atoms with Crippen LogP contribution in [0.3, 0.4) is 0 Å². The van der Waals surface area contributed by atoms with Crippen molar-refractivity contribution in [2.45, 2.75) is 6.42 Å². The van der Waals surface area contributed by atoms with Crippen LogP contribution in [0.5, 0.6) is 0 Å². The second-order valence-corrected chi connectivity index (χ2v) is 5.54. The van der Waals surface area contributed by atoms with Gasteiger partial charge in [0.1, 0.15) is 0 Å². The summed E-state index contributed by atoms with van der Waals surface area (Å²) in [5.41, 5.74) is 3.99. The summed E-state index contributed by atoms with van der Waals surface area (Å²) in [6, 6.07) is 7.85. The highest BCUT2D eigenvalue weighted by Crippen LogP contribution is 2.10. The van der Waals surface area contributed by atoms with E-state index in [1.807, 2.05) is 29.3 Å². The quantitative estimate of drug-likeness (QED) is 0.913. The van der Waals surface area contributed by atoms with Crippen molar-refractivity contribution in [1.82, 2.24) is 15.3 Å². The van der Waals surface area contributed by atoms with Gasteiger partial charge in [0.15, 0.2) is 0 Å². The molecular weight excluding hydrogens is 294 g/mol. The fraction of sp³-hybridized carbons (Fsp3) is 0.462. The molecule has 1 fully saturated rings. The first-order valence-corrected chi connectivity index (χ1v) is 6.90. The molecule has 0 unspecified atom stereocenters. The SMILES string of the molecule is CN1CCN(NC(=O)Cc2ccc(Br)cc2)CC1. The Morgan fingerprint density at radius 2 is 1.83 bits per heavy atom. The van der Waals surface area contributed by atoms with Crippen LogP contribution >= 0.6 is 15.9 Å². The Labute approximate surface area is 116 Å². The van der Waals surface area contributed by atoms with Gasteiger partial charge in [-0.05, 0) is 24.7 Å². The van der Waals surface area contributed by atoms with Crippen molar-refractivity contribution in [3.63, 3.8) is 0 Å². The van der Waals surface area contributed by atoms with Gasteiger partial charge in [-0.2, -0.15) is 0 Å². The van der Waals surface area contributed by atoms with E-state index in [4.69, 9.17) is 0 Å². The number of piperazine rings is 1. The molecule has 1 saturated heterocycles. The zero-order chi connectivity index (χ0) is 13.0. The summed E-state index contributed by atoms with van der Waals surface area (Å²) >= 11 is 3.38. The molecule has 98 valence electrons. The molecule has 1 amide bonds. The molecule has 1 N–H and O–H groups in total. The van der Waals surface area contributed by atoms with Gasteiger partial charge in [-0.15, -0.1) is 0 Å². The van der Waals surface area contributed by atoms with Gasteiger partial charge in [-0.3, -0.25) is 10.2 Å². The second-order valence-electron chi connectivity index (χ2n) is 4.63. The molecule has 5 heteroatoms. The third-order valence-electron chi connectivity index (χ3n) is 3.06. The van der Waals surface area contributed by atoms with Crippen molar-refractivity contribution in [2.24, 2.45) is 0 Å². The van der Waals surface area contributed by atoms with Crippen LogP contribution in [0.15, 0.2) is 28.7 Å². The summed E-state index contributed by atoms with van der Waals surface area (Å²) in [6.45, 7) is 3.78. The van der Waals surface area contributed by atoms with E-state index in [-0.39, 0.29) is 5.91 Å². The van der Waals surface area contributed by atoms with E-state index in [9.17, 15) is 4.79 Å². The Kier molecular flexibility index (Phi) is 4.74. The lowest BCUT2D eigenvalue weighted by molar-refractivity contribution is -0.126. The molecule has 1 aliphatic heterocycles. The number of carbonyl (C=O) groups is 1. The Hall–Kier alpha value is -0.910.